The van der Waals surface area contributed by atoms with Crippen LogP contribution in [0.15, 0.2) is 53.4 Å². The summed E-state index contributed by atoms with van der Waals surface area (Å²) in [5, 5.41) is 0.515. The van der Waals surface area contributed by atoms with Crippen molar-refractivity contribution in [3.8, 4) is 0 Å². The second kappa shape index (κ2) is 5.98. The first-order valence-electron chi connectivity index (χ1n) is 7.42. The molecule has 2 aliphatic rings. The van der Waals surface area contributed by atoms with Crippen molar-refractivity contribution < 1.29 is 9.59 Å². The molecule has 0 bridgehead atoms. The van der Waals surface area contributed by atoms with Crippen LogP contribution in [0.2, 0.25) is 5.02 Å². The number of thiocarbonyl (C=S) groups is 1. The SMILES string of the molecule is CN1C(=O)/C(=C2\SC(=S)N(c3cccc(Cl)c3)C2=O)c2ccccc21. The molecule has 1 fully saturated rings. The quantitative estimate of drug-likeness (QED) is 0.546. The second-order valence-corrected chi connectivity index (χ2v) is 7.65. The Morgan fingerprint density at radius 2 is 1.80 bits per heavy atom. The van der Waals surface area contributed by atoms with Crippen molar-refractivity contribution >= 4 is 68.7 Å². The number of para-hydroxylation sites is 1. The highest BCUT2D eigenvalue weighted by Gasteiger charge is 2.41. The van der Waals surface area contributed by atoms with Gasteiger partial charge >= 0.3 is 0 Å². The van der Waals surface area contributed by atoms with Gasteiger partial charge in [-0.2, -0.15) is 0 Å². The number of anilines is 2. The van der Waals surface area contributed by atoms with Crippen LogP contribution in [-0.4, -0.2) is 23.2 Å². The van der Waals surface area contributed by atoms with Gasteiger partial charge < -0.3 is 4.90 Å². The Hall–Kier alpha value is -2.15. The molecule has 1 saturated heterocycles. The minimum Gasteiger partial charge on any atom is -0.311 e. The second-order valence-electron chi connectivity index (χ2n) is 5.57. The summed E-state index contributed by atoms with van der Waals surface area (Å²) in [5.74, 6) is -0.501. The van der Waals surface area contributed by atoms with E-state index >= 15 is 0 Å². The minimum absolute atomic E-state index is 0.201. The van der Waals surface area contributed by atoms with Crippen molar-refractivity contribution in [3.05, 3.63) is 64.0 Å². The lowest BCUT2D eigenvalue weighted by molar-refractivity contribution is -0.115. The van der Waals surface area contributed by atoms with Gasteiger partial charge in [-0.05, 0) is 24.3 Å². The van der Waals surface area contributed by atoms with E-state index in [0.717, 1.165) is 23.0 Å². The van der Waals surface area contributed by atoms with Crippen LogP contribution in [0.3, 0.4) is 0 Å². The topological polar surface area (TPSA) is 40.6 Å². The standard InChI is InChI=1S/C18H11ClN2O2S2/c1-20-13-8-3-2-7-12(13)14(16(20)22)15-17(23)21(18(24)25-15)11-6-4-5-10(19)9-11/h2-9H,1H3/b15-14-. The summed E-state index contributed by atoms with van der Waals surface area (Å²) in [6, 6.07) is 14.3. The highest BCUT2D eigenvalue weighted by Crippen LogP contribution is 2.45. The van der Waals surface area contributed by atoms with E-state index in [-0.39, 0.29) is 11.8 Å². The number of benzene rings is 2. The Morgan fingerprint density at radius 3 is 2.56 bits per heavy atom. The molecule has 0 unspecified atom stereocenters. The summed E-state index contributed by atoms with van der Waals surface area (Å²) in [7, 11) is 1.70. The van der Waals surface area contributed by atoms with Crippen LogP contribution < -0.4 is 9.80 Å². The molecule has 0 spiro atoms. The molecule has 0 radical (unpaired) electrons. The molecular weight excluding hydrogens is 376 g/mol. The molecular formula is C18H11ClN2O2S2. The van der Waals surface area contributed by atoms with E-state index < -0.39 is 0 Å². The van der Waals surface area contributed by atoms with Gasteiger partial charge in [0, 0.05) is 17.6 Å². The molecule has 25 heavy (non-hydrogen) atoms. The molecule has 4 rings (SSSR count). The molecule has 4 nitrogen and oxygen atoms in total. The maximum absolute atomic E-state index is 13.0. The van der Waals surface area contributed by atoms with Crippen LogP contribution in [0.5, 0.6) is 0 Å². The number of amides is 2. The lowest BCUT2D eigenvalue weighted by Crippen LogP contribution is -2.28. The zero-order valence-electron chi connectivity index (χ0n) is 13.0. The van der Waals surface area contributed by atoms with Crippen molar-refractivity contribution in [2.24, 2.45) is 0 Å². The Balaban J connectivity index is 1.85. The highest BCUT2D eigenvalue weighted by molar-refractivity contribution is 8.27. The molecule has 0 N–H and O–H groups in total. The fourth-order valence-electron chi connectivity index (χ4n) is 2.95. The average Bonchev–Trinajstić information content (AvgIpc) is 3.02. The Kier molecular flexibility index (Phi) is 3.91. The zero-order valence-corrected chi connectivity index (χ0v) is 15.4. The summed E-state index contributed by atoms with van der Waals surface area (Å²) in [5.41, 5.74) is 2.54. The molecule has 0 saturated carbocycles. The molecule has 2 aromatic rings. The maximum Gasteiger partial charge on any atom is 0.271 e. The van der Waals surface area contributed by atoms with Crippen LogP contribution in [0.4, 0.5) is 11.4 Å². The number of rotatable bonds is 1. The zero-order chi connectivity index (χ0) is 17.7. The highest BCUT2D eigenvalue weighted by atomic mass is 35.5. The first kappa shape index (κ1) is 16.3. The Labute approximate surface area is 159 Å². The first-order valence-corrected chi connectivity index (χ1v) is 9.03. The fourth-order valence-corrected chi connectivity index (χ4v) is 4.50. The molecule has 0 aromatic heterocycles. The number of thioether (sulfide) groups is 1. The number of carbonyl (C=O) groups is 2. The van der Waals surface area contributed by atoms with Gasteiger partial charge in [-0.3, -0.25) is 14.5 Å². The summed E-state index contributed by atoms with van der Waals surface area (Å²) >= 11 is 12.6. The van der Waals surface area contributed by atoms with Crippen molar-refractivity contribution in [1.29, 1.82) is 0 Å². The largest absolute Gasteiger partial charge is 0.311 e. The van der Waals surface area contributed by atoms with Gasteiger partial charge in [0.1, 0.15) is 0 Å². The van der Waals surface area contributed by atoms with E-state index in [1.165, 1.54) is 4.90 Å². The lowest BCUT2D eigenvalue weighted by Gasteiger charge is -2.14. The normalized spacial score (nSPS) is 19.8. The van der Waals surface area contributed by atoms with E-state index in [9.17, 15) is 9.59 Å². The van der Waals surface area contributed by atoms with Gasteiger partial charge in [-0.25, -0.2) is 0 Å². The van der Waals surface area contributed by atoms with Gasteiger partial charge in [0.15, 0.2) is 4.32 Å². The number of likely N-dealkylation sites (N-methyl/N-ethyl adjacent to an activating group) is 1. The summed E-state index contributed by atoms with van der Waals surface area (Å²) in [4.78, 5) is 29.1. The van der Waals surface area contributed by atoms with Crippen molar-refractivity contribution in [2.45, 2.75) is 0 Å². The number of hydrogen-bond acceptors (Lipinski definition) is 4. The predicted octanol–water partition coefficient (Wildman–Crippen LogP) is 4.09. The number of nitrogens with zero attached hydrogens (tertiary/aromatic N) is 2. The number of halogens is 1. The Bertz CT molecular complexity index is 987. The molecule has 7 heteroatoms. The lowest BCUT2D eigenvalue weighted by atomic mass is 10.1. The van der Waals surface area contributed by atoms with Crippen LogP contribution >= 0.6 is 35.6 Å². The third kappa shape index (κ3) is 2.49. The van der Waals surface area contributed by atoms with Crippen molar-refractivity contribution in [1.82, 2.24) is 0 Å². The first-order chi connectivity index (χ1) is 12.0. The van der Waals surface area contributed by atoms with Crippen molar-refractivity contribution in [2.75, 3.05) is 16.8 Å². The van der Waals surface area contributed by atoms with Gasteiger partial charge in [0.05, 0.1) is 21.9 Å². The Morgan fingerprint density at radius 1 is 1.04 bits per heavy atom. The number of hydrogen-bond donors (Lipinski definition) is 0. The number of carbonyl (C=O) groups excluding carboxylic acids is 2. The maximum atomic E-state index is 13.0. The summed E-state index contributed by atoms with van der Waals surface area (Å²) in [6.07, 6.45) is 0. The molecule has 2 heterocycles. The fraction of sp³-hybridized carbons (Fsp3) is 0.0556. The molecule has 2 amide bonds. The summed E-state index contributed by atoms with van der Waals surface area (Å²) < 4.78 is 0.384. The smallest absolute Gasteiger partial charge is 0.271 e. The monoisotopic (exact) mass is 386 g/mol. The van der Waals surface area contributed by atoms with Gasteiger partial charge in [0.25, 0.3) is 11.8 Å². The van der Waals surface area contributed by atoms with Crippen LogP contribution in [0, 0.1) is 0 Å². The van der Waals surface area contributed by atoms with Crippen LogP contribution in [-0.2, 0) is 9.59 Å². The van der Waals surface area contributed by atoms with E-state index in [4.69, 9.17) is 23.8 Å². The van der Waals surface area contributed by atoms with Crippen molar-refractivity contribution in [3.63, 3.8) is 0 Å². The van der Waals surface area contributed by atoms with E-state index in [1.807, 2.05) is 24.3 Å². The molecule has 0 atom stereocenters. The van der Waals surface area contributed by atoms with Gasteiger partial charge in [-0.1, -0.05) is 59.8 Å². The van der Waals surface area contributed by atoms with Crippen LogP contribution in [0.25, 0.3) is 5.57 Å². The van der Waals surface area contributed by atoms with Gasteiger partial charge in [0.2, 0.25) is 0 Å². The average molecular weight is 387 g/mol. The van der Waals surface area contributed by atoms with E-state index in [0.29, 0.717) is 25.5 Å². The molecule has 2 aromatic carbocycles. The third-order valence-corrected chi connectivity index (χ3v) is 5.72. The minimum atomic E-state index is -0.300. The van der Waals surface area contributed by atoms with Gasteiger partial charge in [-0.15, -0.1) is 0 Å². The summed E-state index contributed by atoms with van der Waals surface area (Å²) in [6.45, 7) is 0. The molecule has 2 aliphatic heterocycles. The third-order valence-electron chi connectivity index (χ3n) is 4.12. The van der Waals surface area contributed by atoms with Crippen LogP contribution in [0.1, 0.15) is 5.56 Å². The predicted molar refractivity (Wildman–Crippen MR) is 106 cm³/mol. The van der Waals surface area contributed by atoms with E-state index in [1.54, 1.807) is 36.2 Å². The number of fused-ring (bicyclic) bond motifs is 1. The molecule has 0 aliphatic carbocycles. The molecule has 124 valence electrons. The van der Waals surface area contributed by atoms with E-state index in [2.05, 4.69) is 0 Å².